The smallest absolute Gasteiger partial charge is 0.261 e. The zero-order valence-corrected chi connectivity index (χ0v) is 14.5. The molecule has 1 aliphatic heterocycles. The van der Waals surface area contributed by atoms with Gasteiger partial charge in [0, 0.05) is 43.2 Å². The van der Waals surface area contributed by atoms with Crippen LogP contribution < -0.4 is 10.2 Å². The predicted octanol–water partition coefficient (Wildman–Crippen LogP) is 2.93. The molecule has 1 aliphatic rings. The number of aromatic nitrogens is 3. The summed E-state index contributed by atoms with van der Waals surface area (Å²) in [5, 5.41) is 12.6. The van der Waals surface area contributed by atoms with E-state index < -0.39 is 0 Å². The van der Waals surface area contributed by atoms with Crippen LogP contribution in [0.3, 0.4) is 0 Å². The molecule has 4 rings (SSSR count). The summed E-state index contributed by atoms with van der Waals surface area (Å²) in [6.07, 6.45) is 5.57. The maximum atomic E-state index is 12.3. The molecular weight excluding hydrogens is 334 g/mol. The van der Waals surface area contributed by atoms with Crippen molar-refractivity contribution in [2.75, 3.05) is 18.0 Å². The van der Waals surface area contributed by atoms with Gasteiger partial charge in [-0.1, -0.05) is 6.07 Å². The summed E-state index contributed by atoms with van der Waals surface area (Å²) in [6, 6.07) is 9.87. The van der Waals surface area contributed by atoms with E-state index in [1.165, 1.54) is 11.3 Å². The van der Waals surface area contributed by atoms with Gasteiger partial charge in [0.25, 0.3) is 5.91 Å². The minimum absolute atomic E-state index is 0.0151. The second kappa shape index (κ2) is 7.06. The van der Waals surface area contributed by atoms with Crippen LogP contribution in [0.5, 0.6) is 0 Å². The third-order valence-electron chi connectivity index (χ3n) is 4.38. The molecule has 0 bridgehead atoms. The molecule has 1 saturated heterocycles. The van der Waals surface area contributed by atoms with Crippen LogP contribution in [0.2, 0.25) is 0 Å². The average Bonchev–Trinajstić information content (AvgIpc) is 3.35. The van der Waals surface area contributed by atoms with Crippen molar-refractivity contribution in [2.24, 2.45) is 0 Å². The van der Waals surface area contributed by atoms with Crippen molar-refractivity contribution in [3.8, 4) is 11.3 Å². The monoisotopic (exact) mass is 353 g/mol. The summed E-state index contributed by atoms with van der Waals surface area (Å²) in [6.45, 7) is 1.73. The molecule has 0 aromatic carbocycles. The van der Waals surface area contributed by atoms with E-state index in [0.717, 1.165) is 47.9 Å². The van der Waals surface area contributed by atoms with Gasteiger partial charge in [0.15, 0.2) is 5.82 Å². The molecule has 0 unspecified atom stereocenters. The van der Waals surface area contributed by atoms with E-state index >= 15 is 0 Å². The Kier molecular flexibility index (Phi) is 4.47. The van der Waals surface area contributed by atoms with Gasteiger partial charge in [0.05, 0.1) is 10.6 Å². The molecule has 0 spiro atoms. The number of hydrogen-bond acceptors (Lipinski definition) is 5. The fourth-order valence-corrected chi connectivity index (χ4v) is 3.75. The van der Waals surface area contributed by atoms with Crippen LogP contribution in [0.1, 0.15) is 22.5 Å². The van der Waals surface area contributed by atoms with E-state index in [2.05, 4.69) is 31.5 Å². The van der Waals surface area contributed by atoms with Crippen LogP contribution in [-0.2, 0) is 0 Å². The molecule has 1 fully saturated rings. The number of thiophene rings is 1. The van der Waals surface area contributed by atoms with Crippen molar-refractivity contribution in [1.82, 2.24) is 20.5 Å². The highest BCUT2D eigenvalue weighted by Gasteiger charge is 2.23. The van der Waals surface area contributed by atoms with E-state index in [0.29, 0.717) is 0 Å². The van der Waals surface area contributed by atoms with Gasteiger partial charge in [-0.3, -0.25) is 14.9 Å². The van der Waals surface area contributed by atoms with Gasteiger partial charge in [0.1, 0.15) is 0 Å². The Balaban J connectivity index is 1.43. The summed E-state index contributed by atoms with van der Waals surface area (Å²) < 4.78 is 0. The zero-order chi connectivity index (χ0) is 17.1. The second-order valence-electron chi connectivity index (χ2n) is 6.11. The Labute approximate surface area is 149 Å². The lowest BCUT2D eigenvalue weighted by atomic mass is 10.1. The first-order valence-electron chi connectivity index (χ1n) is 8.35. The lowest BCUT2D eigenvalue weighted by Gasteiger charge is -2.33. The van der Waals surface area contributed by atoms with Gasteiger partial charge >= 0.3 is 0 Å². The van der Waals surface area contributed by atoms with Crippen LogP contribution in [0, 0.1) is 0 Å². The summed E-state index contributed by atoms with van der Waals surface area (Å²) in [5.41, 5.74) is 2.04. The third-order valence-corrected chi connectivity index (χ3v) is 5.25. The van der Waals surface area contributed by atoms with E-state index in [4.69, 9.17) is 0 Å². The molecule has 4 heterocycles. The SMILES string of the molecule is O=C(N[C@@H]1CCCN(c2cc(-c3ccncc3)[nH]n2)C1)c1cccs1. The van der Waals surface area contributed by atoms with Crippen molar-refractivity contribution < 1.29 is 4.79 Å². The first kappa shape index (κ1) is 15.8. The highest BCUT2D eigenvalue weighted by Crippen LogP contribution is 2.24. The first-order chi connectivity index (χ1) is 12.3. The second-order valence-corrected chi connectivity index (χ2v) is 7.06. The molecule has 0 radical (unpaired) electrons. The van der Waals surface area contributed by atoms with Gasteiger partial charge in [-0.05, 0) is 36.4 Å². The van der Waals surface area contributed by atoms with Gasteiger partial charge in [-0.25, -0.2) is 0 Å². The number of aromatic amines is 1. The van der Waals surface area contributed by atoms with E-state index in [1.807, 2.05) is 29.6 Å². The molecule has 3 aromatic rings. The lowest BCUT2D eigenvalue weighted by Crippen LogP contribution is -2.47. The number of pyridine rings is 1. The summed E-state index contributed by atoms with van der Waals surface area (Å²) in [5.74, 6) is 0.934. The number of anilines is 1. The minimum Gasteiger partial charge on any atom is -0.353 e. The van der Waals surface area contributed by atoms with Crippen LogP contribution in [0.4, 0.5) is 5.82 Å². The molecule has 128 valence electrons. The van der Waals surface area contributed by atoms with Crippen LogP contribution in [-0.4, -0.2) is 40.2 Å². The van der Waals surface area contributed by atoms with E-state index in [9.17, 15) is 4.79 Å². The number of piperidine rings is 1. The standard InChI is InChI=1S/C18H19N5OS/c24-18(16-4-2-10-25-16)20-14-3-1-9-23(12-14)17-11-15(21-22-17)13-5-7-19-8-6-13/h2,4-8,10-11,14H,1,3,9,12H2,(H,20,24)(H,21,22)/t14-/m1/s1. The normalized spacial score (nSPS) is 17.4. The van der Waals surface area contributed by atoms with Gasteiger partial charge in [-0.2, -0.15) is 5.10 Å². The maximum absolute atomic E-state index is 12.3. The molecule has 0 saturated carbocycles. The Morgan fingerprint density at radius 1 is 1.32 bits per heavy atom. The summed E-state index contributed by atoms with van der Waals surface area (Å²) in [4.78, 5) is 19.3. The highest BCUT2D eigenvalue weighted by atomic mass is 32.1. The number of rotatable bonds is 4. The lowest BCUT2D eigenvalue weighted by molar-refractivity contribution is 0.0937. The number of carbonyl (C=O) groups is 1. The number of H-pyrrole nitrogens is 1. The molecule has 1 amide bonds. The molecular formula is C18H19N5OS. The topological polar surface area (TPSA) is 73.9 Å². The van der Waals surface area contributed by atoms with Crippen molar-refractivity contribution in [2.45, 2.75) is 18.9 Å². The van der Waals surface area contributed by atoms with Crippen LogP contribution in [0.25, 0.3) is 11.3 Å². The molecule has 1 atom stereocenters. The number of amides is 1. The molecule has 3 aromatic heterocycles. The summed E-state index contributed by atoms with van der Waals surface area (Å²) >= 11 is 1.47. The van der Waals surface area contributed by atoms with Gasteiger partial charge in [0.2, 0.25) is 0 Å². The third kappa shape index (κ3) is 3.56. The number of carbonyl (C=O) groups excluding carboxylic acids is 1. The Bertz CT molecular complexity index is 830. The number of hydrogen-bond donors (Lipinski definition) is 2. The quantitative estimate of drug-likeness (QED) is 0.756. The summed E-state index contributed by atoms with van der Waals surface area (Å²) in [7, 11) is 0. The average molecular weight is 353 g/mol. The molecule has 7 heteroatoms. The molecule has 6 nitrogen and oxygen atoms in total. The fourth-order valence-electron chi connectivity index (χ4n) is 3.12. The zero-order valence-electron chi connectivity index (χ0n) is 13.7. The molecule has 25 heavy (non-hydrogen) atoms. The van der Waals surface area contributed by atoms with Crippen molar-refractivity contribution >= 4 is 23.1 Å². The van der Waals surface area contributed by atoms with Crippen LogP contribution >= 0.6 is 11.3 Å². The minimum atomic E-state index is 0.0151. The fraction of sp³-hybridized carbons (Fsp3) is 0.278. The van der Waals surface area contributed by atoms with Crippen molar-refractivity contribution in [3.63, 3.8) is 0 Å². The Morgan fingerprint density at radius 2 is 2.20 bits per heavy atom. The van der Waals surface area contributed by atoms with Gasteiger partial charge in [-0.15, -0.1) is 11.3 Å². The maximum Gasteiger partial charge on any atom is 0.261 e. The van der Waals surface area contributed by atoms with E-state index in [1.54, 1.807) is 12.4 Å². The number of nitrogens with one attached hydrogen (secondary N) is 2. The van der Waals surface area contributed by atoms with Crippen LogP contribution in [0.15, 0.2) is 48.1 Å². The first-order valence-corrected chi connectivity index (χ1v) is 9.23. The molecule has 2 N–H and O–H groups in total. The highest BCUT2D eigenvalue weighted by molar-refractivity contribution is 7.12. The van der Waals surface area contributed by atoms with Gasteiger partial charge < -0.3 is 10.2 Å². The van der Waals surface area contributed by atoms with Crippen molar-refractivity contribution in [1.29, 1.82) is 0 Å². The molecule has 0 aliphatic carbocycles. The Hall–Kier alpha value is -2.67. The Morgan fingerprint density at radius 3 is 3.00 bits per heavy atom. The largest absolute Gasteiger partial charge is 0.353 e. The number of nitrogens with zero attached hydrogens (tertiary/aromatic N) is 3. The predicted molar refractivity (Wildman–Crippen MR) is 98.8 cm³/mol. The van der Waals surface area contributed by atoms with E-state index in [-0.39, 0.29) is 11.9 Å². The van der Waals surface area contributed by atoms with Crippen molar-refractivity contribution in [3.05, 3.63) is 53.0 Å².